The Morgan fingerprint density at radius 2 is 2.11 bits per heavy atom. The van der Waals surface area contributed by atoms with Gasteiger partial charge in [-0.1, -0.05) is 30.3 Å². The Labute approximate surface area is 167 Å². The summed E-state index contributed by atoms with van der Waals surface area (Å²) >= 11 is 0. The molecule has 1 atom stereocenters. The summed E-state index contributed by atoms with van der Waals surface area (Å²) in [4.78, 5) is 14.4. The first kappa shape index (κ1) is 20.6. The normalized spacial score (nSPS) is 16.0. The third-order valence-corrected chi connectivity index (χ3v) is 5.23. The van der Waals surface area contributed by atoms with Crippen LogP contribution in [0.25, 0.3) is 0 Å². The van der Waals surface area contributed by atoms with Crippen LogP contribution in [0.15, 0.2) is 30.3 Å². The number of carbonyl (C=O) groups is 1. The summed E-state index contributed by atoms with van der Waals surface area (Å²) in [6.07, 6.45) is 3.87. The van der Waals surface area contributed by atoms with Crippen LogP contribution in [0.5, 0.6) is 0 Å². The smallest absolute Gasteiger partial charge is 0.274 e. The first-order valence-corrected chi connectivity index (χ1v) is 10.3. The van der Waals surface area contributed by atoms with Crippen LogP contribution in [0.3, 0.4) is 0 Å². The van der Waals surface area contributed by atoms with Gasteiger partial charge in [-0.25, -0.2) is 0 Å². The van der Waals surface area contributed by atoms with Gasteiger partial charge >= 0.3 is 0 Å². The highest BCUT2D eigenvalue weighted by atomic mass is 16.5. The Morgan fingerprint density at radius 1 is 1.32 bits per heavy atom. The second-order valence-electron chi connectivity index (χ2n) is 7.56. The Kier molecular flexibility index (Phi) is 7.23. The number of ether oxygens (including phenoxy) is 1. The molecule has 1 aromatic heterocycles. The zero-order chi connectivity index (χ0) is 19.9. The molecule has 0 fully saturated rings. The van der Waals surface area contributed by atoms with Crippen molar-refractivity contribution in [1.82, 2.24) is 20.0 Å². The van der Waals surface area contributed by atoms with Crippen molar-refractivity contribution in [3.05, 3.63) is 52.8 Å². The van der Waals surface area contributed by atoms with E-state index in [1.165, 1.54) is 11.3 Å². The molecule has 0 spiro atoms. The summed E-state index contributed by atoms with van der Waals surface area (Å²) in [6.45, 7) is 5.22. The number of hydrogen-bond acceptors (Lipinski definition) is 4. The van der Waals surface area contributed by atoms with Crippen molar-refractivity contribution < 1.29 is 9.53 Å². The molecule has 0 saturated carbocycles. The zero-order valence-corrected chi connectivity index (χ0v) is 17.3. The van der Waals surface area contributed by atoms with Crippen LogP contribution < -0.4 is 5.32 Å². The molecule has 0 radical (unpaired) electrons. The van der Waals surface area contributed by atoms with Crippen LogP contribution in [0, 0.1) is 0 Å². The zero-order valence-electron chi connectivity index (χ0n) is 17.3. The lowest BCUT2D eigenvalue weighted by molar-refractivity contribution is 0.0820. The molecule has 1 heterocycles. The number of carbonyl (C=O) groups excluding carboxylic acids is 1. The van der Waals surface area contributed by atoms with Gasteiger partial charge in [-0.3, -0.25) is 9.48 Å². The molecule has 152 valence electrons. The highest BCUT2D eigenvalue weighted by molar-refractivity contribution is 5.93. The molecule has 1 aliphatic rings. The molecule has 28 heavy (non-hydrogen) atoms. The molecule has 0 bridgehead atoms. The number of nitrogens with one attached hydrogen (secondary N) is 1. The van der Waals surface area contributed by atoms with Crippen molar-refractivity contribution in [2.75, 3.05) is 33.9 Å². The van der Waals surface area contributed by atoms with Gasteiger partial charge in [0.1, 0.15) is 0 Å². The van der Waals surface area contributed by atoms with Crippen molar-refractivity contribution in [1.29, 1.82) is 0 Å². The molecule has 1 aromatic carbocycles. The monoisotopic (exact) mass is 384 g/mol. The SMILES string of the molecule is CCOCCCN[C@@H]1CCc2c(c(C(=O)N(C)C)nn2Cc2ccccc2)C1. The van der Waals surface area contributed by atoms with E-state index in [0.717, 1.165) is 51.0 Å². The fourth-order valence-electron chi connectivity index (χ4n) is 3.76. The number of hydrogen-bond donors (Lipinski definition) is 1. The van der Waals surface area contributed by atoms with Gasteiger partial charge in [0.25, 0.3) is 5.91 Å². The summed E-state index contributed by atoms with van der Waals surface area (Å²) in [5, 5.41) is 8.37. The van der Waals surface area contributed by atoms with Crippen molar-refractivity contribution in [3.63, 3.8) is 0 Å². The fraction of sp³-hybridized carbons (Fsp3) is 0.545. The van der Waals surface area contributed by atoms with E-state index < -0.39 is 0 Å². The Morgan fingerprint density at radius 3 is 2.82 bits per heavy atom. The summed E-state index contributed by atoms with van der Waals surface area (Å²) in [6, 6.07) is 10.7. The molecule has 1 amide bonds. The Bertz CT molecular complexity index is 770. The molecular weight excluding hydrogens is 352 g/mol. The third-order valence-electron chi connectivity index (χ3n) is 5.23. The molecule has 2 aromatic rings. The molecule has 1 N–H and O–H groups in total. The maximum absolute atomic E-state index is 12.7. The standard InChI is InChI=1S/C22H32N4O2/c1-4-28-14-8-13-23-18-11-12-20-19(15-18)21(22(27)25(2)3)24-26(20)16-17-9-6-5-7-10-17/h5-7,9-10,18,23H,4,8,11-16H2,1-3H3/t18-/m1/s1. The van der Waals surface area contributed by atoms with Gasteiger partial charge in [-0.15, -0.1) is 0 Å². The minimum Gasteiger partial charge on any atom is -0.382 e. The maximum Gasteiger partial charge on any atom is 0.274 e. The van der Waals surface area contributed by atoms with Gasteiger partial charge in [0.2, 0.25) is 0 Å². The second-order valence-corrected chi connectivity index (χ2v) is 7.56. The van der Waals surface area contributed by atoms with Crippen LogP contribution in [-0.4, -0.2) is 60.5 Å². The highest BCUT2D eigenvalue weighted by Gasteiger charge is 2.29. The van der Waals surface area contributed by atoms with E-state index in [4.69, 9.17) is 9.84 Å². The average Bonchev–Trinajstić information content (AvgIpc) is 3.05. The second kappa shape index (κ2) is 9.85. The van der Waals surface area contributed by atoms with Crippen LogP contribution >= 0.6 is 0 Å². The highest BCUT2D eigenvalue weighted by Crippen LogP contribution is 2.26. The van der Waals surface area contributed by atoms with Crippen LogP contribution in [0.1, 0.15) is 47.1 Å². The van der Waals surface area contributed by atoms with Crippen LogP contribution in [0.4, 0.5) is 0 Å². The Balaban J connectivity index is 1.76. The molecule has 6 nitrogen and oxygen atoms in total. The van der Waals surface area contributed by atoms with Gasteiger partial charge in [0, 0.05) is 44.6 Å². The van der Waals surface area contributed by atoms with Crippen molar-refractivity contribution in [2.24, 2.45) is 0 Å². The molecule has 0 aliphatic heterocycles. The molecular formula is C22H32N4O2. The Hall–Kier alpha value is -2.18. The number of aromatic nitrogens is 2. The first-order valence-electron chi connectivity index (χ1n) is 10.3. The quantitative estimate of drug-likeness (QED) is 0.675. The van der Waals surface area contributed by atoms with E-state index in [2.05, 4.69) is 17.4 Å². The number of rotatable bonds is 9. The van der Waals surface area contributed by atoms with Gasteiger partial charge in [0.05, 0.1) is 6.54 Å². The lowest BCUT2D eigenvalue weighted by Crippen LogP contribution is -2.36. The predicted octanol–water partition coefficient (Wildman–Crippen LogP) is 2.51. The van der Waals surface area contributed by atoms with Gasteiger partial charge in [0.15, 0.2) is 5.69 Å². The van der Waals surface area contributed by atoms with Crippen molar-refractivity contribution in [2.45, 2.75) is 45.2 Å². The third kappa shape index (κ3) is 5.00. The van der Waals surface area contributed by atoms with Gasteiger partial charge in [-0.2, -0.15) is 5.10 Å². The van der Waals surface area contributed by atoms with Crippen LogP contribution in [0.2, 0.25) is 0 Å². The fourth-order valence-corrected chi connectivity index (χ4v) is 3.76. The number of benzene rings is 1. The largest absolute Gasteiger partial charge is 0.382 e. The van der Waals surface area contributed by atoms with Crippen LogP contribution in [-0.2, 0) is 24.1 Å². The summed E-state index contributed by atoms with van der Waals surface area (Å²) < 4.78 is 7.45. The number of amides is 1. The maximum atomic E-state index is 12.7. The summed E-state index contributed by atoms with van der Waals surface area (Å²) in [5.41, 5.74) is 4.13. The summed E-state index contributed by atoms with van der Waals surface area (Å²) in [5.74, 6) is -0.0138. The van der Waals surface area contributed by atoms with E-state index in [9.17, 15) is 4.79 Å². The van der Waals surface area contributed by atoms with E-state index in [1.54, 1.807) is 19.0 Å². The molecule has 0 unspecified atom stereocenters. The topological polar surface area (TPSA) is 59.4 Å². The molecule has 1 aliphatic carbocycles. The van der Waals surface area contributed by atoms with E-state index in [0.29, 0.717) is 18.3 Å². The van der Waals surface area contributed by atoms with Crippen molar-refractivity contribution >= 4 is 5.91 Å². The lowest BCUT2D eigenvalue weighted by atomic mass is 9.91. The minimum atomic E-state index is -0.0138. The van der Waals surface area contributed by atoms with E-state index >= 15 is 0 Å². The predicted molar refractivity (Wildman–Crippen MR) is 111 cm³/mol. The number of nitrogens with zero attached hydrogens (tertiary/aromatic N) is 3. The average molecular weight is 385 g/mol. The summed E-state index contributed by atoms with van der Waals surface area (Å²) in [7, 11) is 3.58. The number of fused-ring (bicyclic) bond motifs is 1. The lowest BCUT2D eigenvalue weighted by Gasteiger charge is -2.25. The molecule has 6 heteroatoms. The van der Waals surface area contributed by atoms with Gasteiger partial charge in [-0.05, 0) is 44.7 Å². The first-order chi connectivity index (χ1) is 13.6. The minimum absolute atomic E-state index is 0.0138. The van der Waals surface area contributed by atoms with Gasteiger partial charge < -0.3 is 15.0 Å². The van der Waals surface area contributed by atoms with Crippen molar-refractivity contribution in [3.8, 4) is 0 Å². The van der Waals surface area contributed by atoms with E-state index in [1.807, 2.05) is 29.8 Å². The van der Waals surface area contributed by atoms with E-state index in [-0.39, 0.29) is 5.91 Å². The molecule has 3 rings (SSSR count). The molecule has 0 saturated heterocycles.